The smallest absolute Gasteiger partial charge is 0.186 e. The van der Waals surface area contributed by atoms with E-state index < -0.39 is 28.5 Å². The zero-order valence-corrected chi connectivity index (χ0v) is 13.7. The Morgan fingerprint density at radius 2 is 1.85 bits per heavy atom. The number of fused-ring (bicyclic) bond motifs is 2. The third-order valence-electron chi connectivity index (χ3n) is 4.08. The number of halogens is 3. The first-order chi connectivity index (χ1) is 12.4. The Balaban J connectivity index is 2.10. The molecule has 2 aromatic heterocycles. The normalized spacial score (nSPS) is 11.4. The van der Waals surface area contributed by atoms with Crippen LogP contribution >= 0.6 is 0 Å². The molecule has 9 heteroatoms. The fourth-order valence-corrected chi connectivity index (χ4v) is 2.90. The molecule has 6 nitrogen and oxygen atoms in total. The minimum absolute atomic E-state index is 0.145. The van der Waals surface area contributed by atoms with E-state index in [0.717, 1.165) is 4.57 Å². The summed E-state index contributed by atoms with van der Waals surface area (Å²) in [6.45, 7) is 1.48. The van der Waals surface area contributed by atoms with Crippen LogP contribution in [0.5, 0.6) is 5.75 Å². The third-order valence-corrected chi connectivity index (χ3v) is 4.08. The molecule has 0 aliphatic heterocycles. The quantitative estimate of drug-likeness (QED) is 0.556. The summed E-state index contributed by atoms with van der Waals surface area (Å²) in [5.41, 5.74) is 5.42. The van der Waals surface area contributed by atoms with E-state index in [1.54, 1.807) is 18.2 Å². The van der Waals surface area contributed by atoms with Gasteiger partial charge in [-0.05, 0) is 19.1 Å². The number of benzene rings is 2. The van der Waals surface area contributed by atoms with E-state index in [1.165, 1.54) is 20.4 Å². The van der Waals surface area contributed by atoms with Crippen molar-refractivity contribution in [1.82, 2.24) is 19.5 Å². The molecule has 0 unspecified atom stereocenters. The van der Waals surface area contributed by atoms with Crippen LogP contribution in [-0.4, -0.2) is 26.6 Å². The number of rotatable bonds is 2. The molecule has 0 bridgehead atoms. The zero-order chi connectivity index (χ0) is 18.6. The number of aromatic nitrogens is 4. The van der Waals surface area contributed by atoms with Gasteiger partial charge in [0.2, 0.25) is 0 Å². The molecule has 0 saturated heterocycles. The van der Waals surface area contributed by atoms with Gasteiger partial charge in [0.1, 0.15) is 34.9 Å². The molecule has 2 aromatic carbocycles. The van der Waals surface area contributed by atoms with Crippen LogP contribution in [0.3, 0.4) is 0 Å². The number of imidazole rings is 1. The van der Waals surface area contributed by atoms with Gasteiger partial charge in [-0.3, -0.25) is 4.57 Å². The molecule has 0 amide bonds. The number of nitrogens with zero attached hydrogens (tertiary/aromatic N) is 4. The number of hydrogen-bond donors (Lipinski definition) is 1. The van der Waals surface area contributed by atoms with E-state index in [9.17, 15) is 8.78 Å². The van der Waals surface area contributed by atoms with Crippen molar-refractivity contribution in [3.05, 3.63) is 47.8 Å². The van der Waals surface area contributed by atoms with Gasteiger partial charge >= 0.3 is 0 Å². The average molecular weight is 359 g/mol. The van der Waals surface area contributed by atoms with Crippen LogP contribution in [0.2, 0.25) is 0 Å². The summed E-state index contributed by atoms with van der Waals surface area (Å²) < 4.78 is 50.6. The Morgan fingerprint density at radius 1 is 1.08 bits per heavy atom. The molecule has 132 valence electrons. The second kappa shape index (κ2) is 5.58. The molecule has 4 rings (SSSR count). The predicted molar refractivity (Wildman–Crippen MR) is 89.7 cm³/mol. The van der Waals surface area contributed by atoms with Crippen molar-refractivity contribution in [2.45, 2.75) is 6.92 Å². The van der Waals surface area contributed by atoms with Crippen LogP contribution in [0, 0.1) is 24.4 Å². The van der Waals surface area contributed by atoms with E-state index in [0.29, 0.717) is 16.8 Å². The van der Waals surface area contributed by atoms with Gasteiger partial charge in [-0.25, -0.2) is 28.1 Å². The van der Waals surface area contributed by atoms with Crippen LogP contribution in [0.4, 0.5) is 19.0 Å². The van der Waals surface area contributed by atoms with Crippen LogP contribution in [-0.2, 0) is 0 Å². The fraction of sp³-hybridized carbons (Fsp3) is 0.118. The number of hydrogen-bond acceptors (Lipinski definition) is 5. The molecule has 2 heterocycles. The van der Waals surface area contributed by atoms with Crippen molar-refractivity contribution in [3.63, 3.8) is 0 Å². The van der Waals surface area contributed by atoms with Gasteiger partial charge in [-0.15, -0.1) is 0 Å². The van der Waals surface area contributed by atoms with E-state index >= 15 is 4.39 Å². The molecule has 0 radical (unpaired) electrons. The van der Waals surface area contributed by atoms with Crippen molar-refractivity contribution in [3.8, 4) is 11.4 Å². The molecule has 4 aromatic rings. The molecule has 0 aliphatic rings. The number of methoxy groups -OCH3 is 1. The second-order valence-electron chi connectivity index (χ2n) is 5.64. The van der Waals surface area contributed by atoms with Crippen molar-refractivity contribution < 1.29 is 17.9 Å². The van der Waals surface area contributed by atoms with Gasteiger partial charge in [0.15, 0.2) is 17.5 Å². The molecule has 0 spiro atoms. The summed E-state index contributed by atoms with van der Waals surface area (Å²) in [6, 6.07) is 4.78. The maximum atomic E-state index is 15.1. The first-order valence-electron chi connectivity index (χ1n) is 7.54. The lowest BCUT2D eigenvalue weighted by Crippen LogP contribution is -2.08. The topological polar surface area (TPSA) is 78.9 Å². The molecule has 0 saturated carbocycles. The summed E-state index contributed by atoms with van der Waals surface area (Å²) >= 11 is 0. The van der Waals surface area contributed by atoms with Crippen LogP contribution < -0.4 is 10.5 Å². The molecule has 0 fully saturated rings. The van der Waals surface area contributed by atoms with Gasteiger partial charge in [0.25, 0.3) is 0 Å². The molecule has 2 N–H and O–H groups in total. The molecular weight excluding hydrogens is 347 g/mol. The lowest BCUT2D eigenvalue weighted by Gasteiger charge is -2.12. The predicted octanol–water partition coefficient (Wildman–Crippen LogP) is 3.29. The summed E-state index contributed by atoms with van der Waals surface area (Å²) in [6.07, 6.45) is 1.20. The highest BCUT2D eigenvalue weighted by molar-refractivity contribution is 5.91. The average Bonchev–Trinajstić information content (AvgIpc) is 3.02. The van der Waals surface area contributed by atoms with Crippen molar-refractivity contribution >= 4 is 27.8 Å². The Morgan fingerprint density at radius 3 is 2.58 bits per heavy atom. The second-order valence-corrected chi connectivity index (χ2v) is 5.64. The monoisotopic (exact) mass is 359 g/mol. The highest BCUT2D eigenvalue weighted by atomic mass is 19.2. The van der Waals surface area contributed by atoms with Crippen LogP contribution in [0.25, 0.3) is 27.6 Å². The highest BCUT2D eigenvalue weighted by Crippen LogP contribution is 2.33. The molecule has 0 atom stereocenters. The molecule has 0 aliphatic carbocycles. The van der Waals surface area contributed by atoms with Gasteiger partial charge in [-0.1, -0.05) is 0 Å². The maximum absolute atomic E-state index is 15.1. The minimum Gasteiger partial charge on any atom is -0.497 e. The van der Waals surface area contributed by atoms with E-state index in [-0.39, 0.29) is 17.2 Å². The largest absolute Gasteiger partial charge is 0.497 e. The van der Waals surface area contributed by atoms with Gasteiger partial charge in [0.05, 0.1) is 23.5 Å². The summed E-state index contributed by atoms with van der Waals surface area (Å²) in [5.74, 6) is -3.41. The van der Waals surface area contributed by atoms with Crippen molar-refractivity contribution in [2.24, 2.45) is 0 Å². The number of anilines is 1. The zero-order valence-electron chi connectivity index (χ0n) is 13.7. The lowest BCUT2D eigenvalue weighted by atomic mass is 10.1. The van der Waals surface area contributed by atoms with Crippen molar-refractivity contribution in [1.29, 1.82) is 0 Å². The number of aryl methyl sites for hydroxylation is 1. The fourth-order valence-electron chi connectivity index (χ4n) is 2.90. The Labute approximate surface area is 145 Å². The van der Waals surface area contributed by atoms with Crippen molar-refractivity contribution in [2.75, 3.05) is 12.8 Å². The maximum Gasteiger partial charge on any atom is 0.186 e. The summed E-state index contributed by atoms with van der Waals surface area (Å²) in [4.78, 5) is 11.8. The van der Waals surface area contributed by atoms with E-state index in [1.807, 2.05) is 0 Å². The molecule has 26 heavy (non-hydrogen) atoms. The van der Waals surface area contributed by atoms with Crippen LogP contribution in [0.15, 0.2) is 24.5 Å². The Hall–Kier alpha value is -3.36. The standard InChI is InChI=1S/C17H12F3N5O/c1-7-23-15-11(17(21)24-7)12(18)13(19)16(14(15)20)25-6-22-9-5-8(26-2)3-4-10(9)25/h3-6H,1-2H3,(H2,21,23,24). The Kier molecular flexibility index (Phi) is 3.46. The van der Waals surface area contributed by atoms with E-state index in [4.69, 9.17) is 10.5 Å². The number of nitrogens with two attached hydrogens (primary N) is 1. The van der Waals surface area contributed by atoms with Crippen LogP contribution in [0.1, 0.15) is 5.82 Å². The van der Waals surface area contributed by atoms with Gasteiger partial charge < -0.3 is 10.5 Å². The SMILES string of the molecule is COc1ccc2c(c1)ncn2-c1c(F)c(F)c2c(N)nc(C)nc2c1F. The van der Waals surface area contributed by atoms with Gasteiger partial charge in [0, 0.05) is 6.07 Å². The minimum atomic E-state index is -1.40. The first-order valence-corrected chi connectivity index (χ1v) is 7.54. The van der Waals surface area contributed by atoms with Gasteiger partial charge in [-0.2, -0.15) is 0 Å². The molecular formula is C17H12F3N5O. The third kappa shape index (κ3) is 2.17. The lowest BCUT2D eigenvalue weighted by molar-refractivity contribution is 0.415. The number of nitrogen functional groups attached to an aromatic ring is 1. The highest BCUT2D eigenvalue weighted by Gasteiger charge is 2.26. The number of ether oxygens (including phenoxy) is 1. The summed E-state index contributed by atoms with van der Waals surface area (Å²) in [7, 11) is 1.49. The first kappa shape index (κ1) is 16.1. The van der Waals surface area contributed by atoms with E-state index in [2.05, 4.69) is 15.0 Å². The summed E-state index contributed by atoms with van der Waals surface area (Å²) in [5, 5.41) is -0.486. The Bertz CT molecular complexity index is 1190.